The topological polar surface area (TPSA) is 101 Å². The number of rotatable bonds is 6. The molecule has 5 rings (SSSR count). The standard InChI is InChI=1S/C21H28N6O4S/c1-2-21-25(17(12-22)14-32-21)27-26(31-27)16-5-7-24(8-6-16)13-20(28)23-15-3-4-18-19(11-15)30-10-9-29-18/h3-4,11,16-17,21H,2,5-10,13-14H2,1H3,(H,23,28). The second-order valence-electron chi connectivity index (χ2n) is 8.27. The molecule has 1 amide bonds. The van der Waals surface area contributed by atoms with Gasteiger partial charge in [-0.25, -0.2) is 9.64 Å². The van der Waals surface area contributed by atoms with E-state index in [1.165, 1.54) is 0 Å². The third-order valence-corrected chi connectivity index (χ3v) is 7.56. The summed E-state index contributed by atoms with van der Waals surface area (Å²) >= 11 is 1.80. The fourth-order valence-corrected chi connectivity index (χ4v) is 5.67. The number of nitrogens with zero attached hydrogens (tertiary/aromatic N) is 5. The molecule has 3 aliphatic heterocycles. The smallest absolute Gasteiger partial charge is 0.238 e. The predicted molar refractivity (Wildman–Crippen MR) is 120 cm³/mol. The molecule has 1 N–H and O–H groups in total. The molecule has 2 aromatic rings. The fraction of sp³-hybridized carbons (Fsp3) is 0.619. The van der Waals surface area contributed by atoms with Crippen molar-refractivity contribution >= 4 is 23.4 Å². The monoisotopic (exact) mass is 460 g/mol. The normalized spacial score (nSPS) is 23.9. The van der Waals surface area contributed by atoms with Gasteiger partial charge in [-0.1, -0.05) is 11.8 Å². The van der Waals surface area contributed by atoms with Gasteiger partial charge in [0.05, 0.1) is 24.0 Å². The Morgan fingerprint density at radius 1 is 1.25 bits per heavy atom. The lowest BCUT2D eigenvalue weighted by molar-refractivity contribution is -0.117. The number of carbonyl (C=O) groups is 1. The molecule has 10 nitrogen and oxygen atoms in total. The number of aromatic nitrogens is 2. The van der Waals surface area contributed by atoms with E-state index in [0.29, 0.717) is 36.9 Å². The molecule has 2 unspecified atom stereocenters. The Morgan fingerprint density at radius 2 is 2.03 bits per heavy atom. The highest BCUT2D eigenvalue weighted by Gasteiger charge is 2.40. The summed E-state index contributed by atoms with van der Waals surface area (Å²) < 4.78 is 16.9. The van der Waals surface area contributed by atoms with Crippen molar-refractivity contribution in [1.29, 1.82) is 5.26 Å². The second-order valence-corrected chi connectivity index (χ2v) is 9.48. The van der Waals surface area contributed by atoms with Crippen LogP contribution in [-0.4, -0.2) is 70.6 Å². The van der Waals surface area contributed by atoms with E-state index < -0.39 is 0 Å². The first-order valence-corrected chi connectivity index (χ1v) is 12.2. The largest absolute Gasteiger partial charge is 0.486 e. The predicted octanol–water partition coefficient (Wildman–Crippen LogP) is 2.24. The third kappa shape index (κ3) is 4.29. The molecule has 2 atom stereocenters. The molecule has 0 bridgehead atoms. The number of carbonyl (C=O) groups excluding carboxylic acids is 1. The van der Waals surface area contributed by atoms with Crippen LogP contribution in [0.1, 0.15) is 32.2 Å². The number of piperidine rings is 1. The van der Waals surface area contributed by atoms with Crippen LogP contribution in [0.25, 0.3) is 0 Å². The van der Waals surface area contributed by atoms with Gasteiger partial charge < -0.3 is 14.8 Å². The number of hydrogen-bond acceptors (Lipinski definition) is 8. The van der Waals surface area contributed by atoms with Crippen LogP contribution in [-0.2, 0) is 4.79 Å². The molecule has 0 saturated carbocycles. The summed E-state index contributed by atoms with van der Waals surface area (Å²) in [6.07, 6.45) is 2.78. The molecule has 0 spiro atoms. The minimum absolute atomic E-state index is 0.0403. The Balaban J connectivity index is 1.11. The van der Waals surface area contributed by atoms with Crippen molar-refractivity contribution in [2.45, 2.75) is 43.6 Å². The highest BCUT2D eigenvalue weighted by Crippen LogP contribution is 2.34. The molecule has 0 aliphatic carbocycles. The maximum absolute atomic E-state index is 12.5. The van der Waals surface area contributed by atoms with Crippen molar-refractivity contribution < 1.29 is 18.9 Å². The number of fused-ring (bicyclic) bond motifs is 1. The molecule has 11 heteroatoms. The molecule has 2 saturated heterocycles. The number of thioether (sulfide) groups is 1. The molecule has 1 aromatic carbocycles. The van der Waals surface area contributed by atoms with Gasteiger partial charge in [0.15, 0.2) is 11.5 Å². The van der Waals surface area contributed by atoms with Gasteiger partial charge in [0.1, 0.15) is 19.3 Å². The van der Waals surface area contributed by atoms with Crippen LogP contribution in [0.4, 0.5) is 5.69 Å². The number of anilines is 1. The SMILES string of the molecule is CCC1SCC(C#N)N1n1on1C1CCN(CC(=O)Nc2ccc3c(c2)OCCO3)CC1. The molecular formula is C21H28N6O4S. The van der Waals surface area contributed by atoms with Crippen molar-refractivity contribution in [3.05, 3.63) is 18.2 Å². The Hall–Kier alpha value is -2.71. The Labute approximate surface area is 190 Å². The van der Waals surface area contributed by atoms with Crippen molar-refractivity contribution in [3.8, 4) is 17.6 Å². The quantitative estimate of drug-likeness (QED) is 0.701. The summed E-state index contributed by atoms with van der Waals surface area (Å²) in [5.74, 6) is 2.14. The number of ether oxygens (including phenoxy) is 2. The van der Waals surface area contributed by atoms with Crippen LogP contribution in [0.3, 0.4) is 0 Å². The van der Waals surface area contributed by atoms with E-state index in [9.17, 15) is 10.1 Å². The maximum Gasteiger partial charge on any atom is 0.238 e. The zero-order chi connectivity index (χ0) is 22.1. The summed E-state index contributed by atoms with van der Waals surface area (Å²) in [7, 11) is 0. The molecule has 1 aromatic heterocycles. The Morgan fingerprint density at radius 3 is 2.78 bits per heavy atom. The van der Waals surface area contributed by atoms with E-state index in [0.717, 1.165) is 38.1 Å². The lowest BCUT2D eigenvalue weighted by Gasteiger charge is -2.29. The fourth-order valence-electron chi connectivity index (χ4n) is 4.42. The highest BCUT2D eigenvalue weighted by molar-refractivity contribution is 8.00. The van der Waals surface area contributed by atoms with Gasteiger partial charge in [-0.05, 0) is 31.4 Å². The van der Waals surface area contributed by atoms with E-state index in [4.69, 9.17) is 14.1 Å². The van der Waals surface area contributed by atoms with Crippen LogP contribution in [0, 0.1) is 11.3 Å². The first-order chi connectivity index (χ1) is 15.7. The van der Waals surface area contributed by atoms with Crippen LogP contribution >= 0.6 is 11.8 Å². The summed E-state index contributed by atoms with van der Waals surface area (Å²) in [4.78, 5) is 18.4. The van der Waals surface area contributed by atoms with E-state index in [-0.39, 0.29) is 23.4 Å². The molecule has 0 radical (unpaired) electrons. The first kappa shape index (κ1) is 21.2. The third-order valence-electron chi connectivity index (χ3n) is 6.12. The van der Waals surface area contributed by atoms with Gasteiger partial charge in [-0.2, -0.15) is 5.26 Å². The van der Waals surface area contributed by atoms with E-state index in [2.05, 4.69) is 28.2 Å². The van der Waals surface area contributed by atoms with E-state index in [1.54, 1.807) is 22.8 Å². The summed E-state index contributed by atoms with van der Waals surface area (Å²) in [5, 5.41) is 14.7. The number of nitriles is 1. The highest BCUT2D eigenvalue weighted by atomic mass is 32.2. The zero-order valence-electron chi connectivity index (χ0n) is 18.1. The number of hydrogen-bond donors (Lipinski definition) is 1. The van der Waals surface area contributed by atoms with Gasteiger partial charge in [0.25, 0.3) is 0 Å². The summed E-state index contributed by atoms with van der Waals surface area (Å²) in [5.41, 5.74) is 0.711. The average Bonchev–Trinajstić information content (AvgIpc) is 3.49. The molecule has 2 fully saturated rings. The van der Waals surface area contributed by atoms with Gasteiger partial charge in [-0.15, -0.1) is 11.8 Å². The second kappa shape index (κ2) is 9.03. The van der Waals surface area contributed by atoms with Crippen LogP contribution in [0.5, 0.6) is 11.5 Å². The van der Waals surface area contributed by atoms with Crippen molar-refractivity contribution in [2.24, 2.45) is 0 Å². The number of amides is 1. The maximum atomic E-state index is 12.5. The van der Waals surface area contributed by atoms with Crippen molar-refractivity contribution in [2.75, 3.05) is 48.9 Å². The van der Waals surface area contributed by atoms with Crippen LogP contribution in [0.15, 0.2) is 22.8 Å². The van der Waals surface area contributed by atoms with Crippen molar-refractivity contribution in [3.63, 3.8) is 0 Å². The Kier molecular flexibility index (Phi) is 5.97. The van der Waals surface area contributed by atoms with Gasteiger partial charge in [0, 0.05) is 35.6 Å². The minimum Gasteiger partial charge on any atom is -0.486 e. The number of likely N-dealkylation sites (tertiary alicyclic amines) is 1. The Bertz CT molecular complexity index is 985. The number of nitrogens with one attached hydrogen (secondary N) is 1. The van der Waals surface area contributed by atoms with Gasteiger partial charge in [0.2, 0.25) is 5.91 Å². The molecule has 4 heterocycles. The van der Waals surface area contributed by atoms with Gasteiger partial charge in [-0.3, -0.25) is 9.69 Å². The average molecular weight is 461 g/mol. The van der Waals surface area contributed by atoms with Crippen LogP contribution in [0.2, 0.25) is 0 Å². The van der Waals surface area contributed by atoms with Crippen LogP contribution < -0.4 is 19.8 Å². The van der Waals surface area contributed by atoms with Crippen molar-refractivity contribution in [1.82, 2.24) is 14.7 Å². The minimum atomic E-state index is -0.153. The number of benzene rings is 1. The lowest BCUT2D eigenvalue weighted by atomic mass is 10.1. The van der Waals surface area contributed by atoms with Gasteiger partial charge >= 0.3 is 0 Å². The van der Waals surface area contributed by atoms with E-state index >= 15 is 0 Å². The first-order valence-electron chi connectivity index (χ1n) is 11.1. The lowest BCUT2D eigenvalue weighted by Crippen LogP contribution is -2.43. The molecule has 3 aliphatic rings. The van der Waals surface area contributed by atoms with E-state index in [1.807, 2.05) is 17.0 Å². The summed E-state index contributed by atoms with van der Waals surface area (Å²) in [6.45, 7) is 5.19. The molecular weight excluding hydrogens is 432 g/mol. The molecule has 172 valence electrons. The summed E-state index contributed by atoms with van der Waals surface area (Å²) in [6, 6.07) is 7.94. The molecule has 32 heavy (non-hydrogen) atoms. The zero-order valence-corrected chi connectivity index (χ0v) is 18.9.